The Kier molecular flexibility index (Phi) is 4.37. The van der Waals surface area contributed by atoms with Crippen LogP contribution >= 0.6 is 0 Å². The smallest absolute Gasteiger partial charge is 0.251 e. The van der Waals surface area contributed by atoms with Gasteiger partial charge in [0.25, 0.3) is 5.91 Å². The lowest BCUT2D eigenvalue weighted by atomic mass is 10.1. The van der Waals surface area contributed by atoms with Gasteiger partial charge in [0.15, 0.2) is 0 Å². The van der Waals surface area contributed by atoms with Crippen molar-refractivity contribution in [1.29, 1.82) is 0 Å². The van der Waals surface area contributed by atoms with E-state index in [2.05, 4.69) is 12.2 Å². The van der Waals surface area contributed by atoms with Crippen LogP contribution in [0.5, 0.6) is 0 Å². The summed E-state index contributed by atoms with van der Waals surface area (Å²) in [6.45, 7) is 2.89. The second-order valence-corrected chi connectivity index (χ2v) is 5.32. The molecule has 98 valence electrons. The normalized spacial score (nSPS) is 23.0. The molecule has 1 amide bonds. The molecule has 0 radical (unpaired) electrons. The van der Waals surface area contributed by atoms with Crippen molar-refractivity contribution >= 4 is 5.91 Å². The highest BCUT2D eigenvalue weighted by atomic mass is 16.1. The lowest BCUT2D eigenvalue weighted by Crippen LogP contribution is -2.32. The summed E-state index contributed by atoms with van der Waals surface area (Å²) in [6, 6.07) is 8.10. The zero-order chi connectivity index (χ0) is 13.0. The molecule has 0 spiro atoms. The van der Waals surface area contributed by atoms with Crippen LogP contribution in [0.2, 0.25) is 0 Å². The van der Waals surface area contributed by atoms with Gasteiger partial charge in [0.05, 0.1) is 0 Å². The zero-order valence-electron chi connectivity index (χ0n) is 11.0. The van der Waals surface area contributed by atoms with Crippen molar-refractivity contribution in [3.63, 3.8) is 0 Å². The molecule has 0 heterocycles. The number of benzene rings is 1. The third-order valence-corrected chi connectivity index (χ3v) is 3.68. The number of nitrogens with two attached hydrogens (primary N) is 1. The van der Waals surface area contributed by atoms with Gasteiger partial charge in [0, 0.05) is 11.6 Å². The van der Waals surface area contributed by atoms with Crippen LogP contribution in [-0.2, 0) is 6.42 Å². The highest BCUT2D eigenvalue weighted by molar-refractivity contribution is 5.94. The lowest BCUT2D eigenvalue weighted by molar-refractivity contribution is 0.0937. The van der Waals surface area contributed by atoms with Crippen molar-refractivity contribution in [3.8, 4) is 0 Å². The van der Waals surface area contributed by atoms with E-state index in [1.54, 1.807) is 0 Å². The summed E-state index contributed by atoms with van der Waals surface area (Å²) >= 11 is 0. The van der Waals surface area contributed by atoms with Crippen molar-refractivity contribution < 1.29 is 4.79 Å². The second-order valence-electron chi connectivity index (χ2n) is 5.32. The van der Waals surface area contributed by atoms with Gasteiger partial charge in [-0.25, -0.2) is 0 Å². The number of hydrogen-bond acceptors (Lipinski definition) is 2. The van der Waals surface area contributed by atoms with Crippen LogP contribution in [0.4, 0.5) is 0 Å². The molecular weight excluding hydrogens is 224 g/mol. The fraction of sp³-hybridized carbons (Fsp3) is 0.533. The van der Waals surface area contributed by atoms with Gasteiger partial charge in [-0.15, -0.1) is 0 Å². The maximum absolute atomic E-state index is 12.0. The summed E-state index contributed by atoms with van der Waals surface area (Å²) in [4.78, 5) is 12.0. The quantitative estimate of drug-likeness (QED) is 0.855. The molecule has 3 nitrogen and oxygen atoms in total. The second kappa shape index (κ2) is 6.01. The monoisotopic (exact) mass is 246 g/mol. The topological polar surface area (TPSA) is 55.1 Å². The number of carbonyl (C=O) groups is 1. The molecule has 0 bridgehead atoms. The molecule has 2 atom stereocenters. The van der Waals surface area contributed by atoms with Crippen LogP contribution in [0.1, 0.15) is 42.1 Å². The maximum Gasteiger partial charge on any atom is 0.251 e. The SMILES string of the molecule is CC1CCC(NC(=O)c2ccc(CCN)cc2)C1. The van der Waals surface area contributed by atoms with E-state index in [-0.39, 0.29) is 5.91 Å². The summed E-state index contributed by atoms with van der Waals surface area (Å²) in [7, 11) is 0. The highest BCUT2D eigenvalue weighted by Crippen LogP contribution is 2.24. The molecule has 2 unspecified atom stereocenters. The first-order valence-electron chi connectivity index (χ1n) is 6.79. The molecule has 18 heavy (non-hydrogen) atoms. The molecule has 1 aliphatic rings. The highest BCUT2D eigenvalue weighted by Gasteiger charge is 2.22. The van der Waals surface area contributed by atoms with Gasteiger partial charge in [-0.05, 0) is 55.8 Å². The molecule has 3 N–H and O–H groups in total. The molecule has 3 heteroatoms. The van der Waals surface area contributed by atoms with E-state index in [1.807, 2.05) is 24.3 Å². The van der Waals surface area contributed by atoms with E-state index >= 15 is 0 Å². The number of hydrogen-bond donors (Lipinski definition) is 2. The minimum absolute atomic E-state index is 0.0494. The standard InChI is InChI=1S/C15H22N2O/c1-11-2-7-14(10-11)17-15(18)13-5-3-12(4-6-13)8-9-16/h3-6,11,14H,2,7-10,16H2,1H3,(H,17,18). The summed E-state index contributed by atoms with van der Waals surface area (Å²) in [5.74, 6) is 0.788. The van der Waals surface area contributed by atoms with Gasteiger partial charge in [-0.3, -0.25) is 4.79 Å². The Balaban J connectivity index is 1.92. The van der Waals surface area contributed by atoms with Gasteiger partial charge in [0.1, 0.15) is 0 Å². The molecule has 0 aromatic heterocycles. The molecule has 0 aliphatic heterocycles. The summed E-state index contributed by atoms with van der Waals surface area (Å²) in [5.41, 5.74) is 7.43. The van der Waals surface area contributed by atoms with E-state index < -0.39 is 0 Å². The molecule has 1 aromatic carbocycles. The van der Waals surface area contributed by atoms with Crippen molar-refractivity contribution in [2.75, 3.05) is 6.54 Å². The molecular formula is C15H22N2O. The fourth-order valence-corrected chi connectivity index (χ4v) is 2.60. The molecule has 2 rings (SSSR count). The predicted molar refractivity (Wildman–Crippen MR) is 73.5 cm³/mol. The zero-order valence-corrected chi connectivity index (χ0v) is 11.0. The van der Waals surface area contributed by atoms with Gasteiger partial charge in [-0.2, -0.15) is 0 Å². The first-order valence-corrected chi connectivity index (χ1v) is 6.79. The first-order chi connectivity index (χ1) is 8.69. The molecule has 1 saturated carbocycles. The average molecular weight is 246 g/mol. The molecule has 0 saturated heterocycles. The van der Waals surface area contributed by atoms with Crippen molar-refractivity contribution in [2.45, 2.75) is 38.6 Å². The lowest BCUT2D eigenvalue weighted by Gasteiger charge is -2.12. The van der Waals surface area contributed by atoms with Gasteiger partial charge in [-0.1, -0.05) is 19.1 Å². The summed E-state index contributed by atoms with van der Waals surface area (Å²) < 4.78 is 0. The van der Waals surface area contributed by atoms with E-state index in [0.29, 0.717) is 12.6 Å². The maximum atomic E-state index is 12.0. The molecule has 1 aromatic rings. The van der Waals surface area contributed by atoms with Gasteiger partial charge < -0.3 is 11.1 Å². The van der Waals surface area contributed by atoms with Crippen molar-refractivity contribution in [1.82, 2.24) is 5.32 Å². The average Bonchev–Trinajstić information content (AvgIpc) is 2.76. The summed E-state index contributed by atoms with van der Waals surface area (Å²) in [6.07, 6.45) is 4.30. The predicted octanol–water partition coefficient (Wildman–Crippen LogP) is 2.11. The molecule has 1 fully saturated rings. The Morgan fingerprint density at radius 2 is 2.06 bits per heavy atom. The Labute approximate surface area is 109 Å². The van der Waals surface area contributed by atoms with Crippen LogP contribution in [-0.4, -0.2) is 18.5 Å². The third kappa shape index (κ3) is 3.33. The van der Waals surface area contributed by atoms with E-state index in [4.69, 9.17) is 5.73 Å². The number of nitrogens with one attached hydrogen (secondary N) is 1. The van der Waals surface area contributed by atoms with Crippen LogP contribution in [0.3, 0.4) is 0 Å². The van der Waals surface area contributed by atoms with Gasteiger partial charge in [0.2, 0.25) is 0 Å². The summed E-state index contributed by atoms with van der Waals surface area (Å²) in [5, 5.41) is 3.11. The Morgan fingerprint density at radius 1 is 1.33 bits per heavy atom. The third-order valence-electron chi connectivity index (χ3n) is 3.68. The minimum atomic E-state index is 0.0494. The number of carbonyl (C=O) groups excluding carboxylic acids is 1. The Hall–Kier alpha value is -1.35. The largest absolute Gasteiger partial charge is 0.349 e. The van der Waals surface area contributed by atoms with Crippen molar-refractivity contribution in [3.05, 3.63) is 35.4 Å². The Bertz CT molecular complexity index is 399. The number of amides is 1. The number of rotatable bonds is 4. The first kappa shape index (κ1) is 13.1. The van der Waals surface area contributed by atoms with Crippen LogP contribution in [0.25, 0.3) is 0 Å². The van der Waals surface area contributed by atoms with Crippen LogP contribution in [0, 0.1) is 5.92 Å². The van der Waals surface area contributed by atoms with E-state index in [1.165, 1.54) is 12.0 Å². The fourth-order valence-electron chi connectivity index (χ4n) is 2.60. The Morgan fingerprint density at radius 3 is 2.61 bits per heavy atom. The van der Waals surface area contributed by atoms with Crippen LogP contribution < -0.4 is 11.1 Å². The van der Waals surface area contributed by atoms with Crippen molar-refractivity contribution in [2.24, 2.45) is 11.7 Å². The minimum Gasteiger partial charge on any atom is -0.349 e. The molecule has 1 aliphatic carbocycles. The van der Waals surface area contributed by atoms with E-state index in [0.717, 1.165) is 30.7 Å². The van der Waals surface area contributed by atoms with E-state index in [9.17, 15) is 4.79 Å². The van der Waals surface area contributed by atoms with Gasteiger partial charge >= 0.3 is 0 Å². The van der Waals surface area contributed by atoms with Crippen LogP contribution in [0.15, 0.2) is 24.3 Å².